The van der Waals surface area contributed by atoms with Gasteiger partial charge in [-0.25, -0.2) is 0 Å². The average Bonchev–Trinajstić information content (AvgIpc) is 3.11. The van der Waals surface area contributed by atoms with Crippen LogP contribution in [0.15, 0.2) is 36.4 Å². The van der Waals surface area contributed by atoms with Crippen LogP contribution in [-0.2, 0) is 6.42 Å². The van der Waals surface area contributed by atoms with Crippen molar-refractivity contribution < 1.29 is 4.74 Å². The molecule has 6 heteroatoms. The van der Waals surface area contributed by atoms with Crippen molar-refractivity contribution in [2.45, 2.75) is 27.2 Å². The van der Waals surface area contributed by atoms with Crippen LogP contribution >= 0.6 is 23.1 Å². The lowest BCUT2D eigenvalue weighted by Crippen LogP contribution is -2.20. The van der Waals surface area contributed by atoms with Gasteiger partial charge < -0.3 is 9.64 Å². The average molecular weight is 402 g/mol. The lowest BCUT2D eigenvalue weighted by Gasteiger charge is -2.16. The minimum absolute atomic E-state index is 0.533. The quantitative estimate of drug-likeness (QED) is 0.504. The van der Waals surface area contributed by atoms with Crippen LogP contribution in [0.3, 0.4) is 0 Å². The van der Waals surface area contributed by atoms with Crippen LogP contribution in [0.4, 0.5) is 0 Å². The second kappa shape index (κ2) is 8.83. The Kier molecular flexibility index (Phi) is 6.47. The number of nitrogens with zero attached hydrogens (tertiary/aromatic N) is 3. The number of aryl methyl sites for hydroxylation is 2. The van der Waals surface area contributed by atoms with E-state index in [0.717, 1.165) is 36.4 Å². The van der Waals surface area contributed by atoms with Crippen molar-refractivity contribution in [2.24, 2.45) is 0 Å². The minimum Gasteiger partial charge on any atom is -0.430 e. The second-order valence-electron chi connectivity index (χ2n) is 6.69. The summed E-state index contributed by atoms with van der Waals surface area (Å²) < 4.78 is 10.4. The number of aromatic nitrogens is 2. The highest BCUT2D eigenvalue weighted by Crippen LogP contribution is 2.31. The summed E-state index contributed by atoms with van der Waals surface area (Å²) in [6.07, 6.45) is 1.04. The zero-order valence-electron chi connectivity index (χ0n) is 16.1. The Morgan fingerprint density at radius 3 is 2.70 bits per heavy atom. The monoisotopic (exact) mass is 401 g/mol. The SMILES string of the molecule is CCN(C)CCc1cc(C)c(Oc2nc(-c3cccc(Cl)c3)ns2)cc1C. The van der Waals surface area contributed by atoms with E-state index in [0.29, 0.717) is 16.0 Å². The molecule has 0 saturated carbocycles. The van der Waals surface area contributed by atoms with Crippen molar-refractivity contribution in [3.05, 3.63) is 58.1 Å². The first-order chi connectivity index (χ1) is 13.0. The molecule has 0 fully saturated rings. The number of hydrogen-bond acceptors (Lipinski definition) is 5. The van der Waals surface area contributed by atoms with E-state index in [1.165, 1.54) is 22.7 Å². The smallest absolute Gasteiger partial charge is 0.299 e. The molecule has 0 atom stereocenters. The van der Waals surface area contributed by atoms with Gasteiger partial charge in [0.1, 0.15) is 5.75 Å². The fourth-order valence-electron chi connectivity index (χ4n) is 2.79. The predicted molar refractivity (Wildman–Crippen MR) is 113 cm³/mol. The molecule has 0 aliphatic rings. The summed E-state index contributed by atoms with van der Waals surface area (Å²) in [7, 11) is 2.15. The standard InChI is InChI=1S/C21H24ClN3OS/c1-5-25(4)10-9-16-11-15(3)19(12-14(16)2)26-21-23-20(24-27-21)17-7-6-8-18(22)13-17/h6-8,11-13H,5,9-10H2,1-4H3. The zero-order valence-corrected chi connectivity index (χ0v) is 17.7. The molecule has 0 saturated heterocycles. The summed E-state index contributed by atoms with van der Waals surface area (Å²) in [6.45, 7) is 8.49. The van der Waals surface area contributed by atoms with E-state index in [2.05, 4.69) is 54.2 Å². The van der Waals surface area contributed by atoms with Crippen LogP contribution in [0.5, 0.6) is 10.9 Å². The highest BCUT2D eigenvalue weighted by molar-refractivity contribution is 7.07. The number of likely N-dealkylation sites (N-methyl/N-ethyl adjacent to an activating group) is 1. The third kappa shape index (κ3) is 5.06. The number of hydrogen-bond donors (Lipinski definition) is 0. The van der Waals surface area contributed by atoms with Crippen LogP contribution in [0.1, 0.15) is 23.6 Å². The molecule has 4 nitrogen and oxygen atoms in total. The van der Waals surface area contributed by atoms with Crippen LogP contribution in [0.2, 0.25) is 5.02 Å². The second-order valence-corrected chi connectivity index (χ2v) is 7.84. The molecule has 142 valence electrons. The molecular formula is C21H24ClN3OS. The summed E-state index contributed by atoms with van der Waals surface area (Å²) >= 11 is 7.30. The summed E-state index contributed by atoms with van der Waals surface area (Å²) in [6, 6.07) is 11.8. The van der Waals surface area contributed by atoms with E-state index >= 15 is 0 Å². The molecule has 0 aliphatic carbocycles. The highest BCUT2D eigenvalue weighted by atomic mass is 35.5. The molecular weight excluding hydrogens is 378 g/mol. The molecule has 0 amide bonds. The van der Waals surface area contributed by atoms with Crippen molar-refractivity contribution in [3.63, 3.8) is 0 Å². The van der Waals surface area contributed by atoms with E-state index < -0.39 is 0 Å². The molecule has 1 aromatic heterocycles. The fourth-order valence-corrected chi connectivity index (χ4v) is 3.54. The van der Waals surface area contributed by atoms with Gasteiger partial charge >= 0.3 is 0 Å². The number of benzene rings is 2. The van der Waals surface area contributed by atoms with Gasteiger partial charge in [-0.2, -0.15) is 9.36 Å². The van der Waals surface area contributed by atoms with Gasteiger partial charge in [-0.1, -0.05) is 36.7 Å². The van der Waals surface area contributed by atoms with Crippen molar-refractivity contribution in [3.8, 4) is 22.3 Å². The number of halogens is 1. The van der Waals surface area contributed by atoms with Crippen LogP contribution in [0, 0.1) is 13.8 Å². The van der Waals surface area contributed by atoms with Crippen molar-refractivity contribution >= 4 is 23.1 Å². The minimum atomic E-state index is 0.533. The summed E-state index contributed by atoms with van der Waals surface area (Å²) in [5.74, 6) is 1.46. The van der Waals surface area contributed by atoms with E-state index in [4.69, 9.17) is 16.3 Å². The maximum absolute atomic E-state index is 6.05. The van der Waals surface area contributed by atoms with Gasteiger partial charge in [0.15, 0.2) is 5.82 Å². The van der Waals surface area contributed by atoms with E-state index in [1.807, 2.05) is 24.3 Å². The van der Waals surface area contributed by atoms with Crippen molar-refractivity contribution in [1.82, 2.24) is 14.3 Å². The largest absolute Gasteiger partial charge is 0.430 e. The first-order valence-corrected chi connectivity index (χ1v) is 10.2. The lowest BCUT2D eigenvalue weighted by molar-refractivity contribution is 0.357. The van der Waals surface area contributed by atoms with Crippen molar-refractivity contribution in [2.75, 3.05) is 20.1 Å². The van der Waals surface area contributed by atoms with Crippen molar-refractivity contribution in [1.29, 1.82) is 0 Å². The Bertz CT molecular complexity index is 926. The van der Waals surface area contributed by atoms with E-state index in [9.17, 15) is 0 Å². The normalized spacial score (nSPS) is 11.2. The molecule has 0 unspecified atom stereocenters. The molecule has 0 N–H and O–H groups in total. The topological polar surface area (TPSA) is 38.2 Å². The number of ether oxygens (including phenoxy) is 1. The first kappa shape index (κ1) is 19.8. The number of rotatable bonds is 7. The Morgan fingerprint density at radius 1 is 1.15 bits per heavy atom. The molecule has 0 spiro atoms. The third-order valence-corrected chi connectivity index (χ3v) is 5.45. The third-order valence-electron chi connectivity index (χ3n) is 4.62. The van der Waals surface area contributed by atoms with Crippen LogP contribution in [0.25, 0.3) is 11.4 Å². The molecule has 0 radical (unpaired) electrons. The van der Waals surface area contributed by atoms with Gasteiger partial charge in [0, 0.05) is 28.7 Å². The maximum atomic E-state index is 6.05. The summed E-state index contributed by atoms with van der Waals surface area (Å²) in [4.78, 5) is 6.82. The zero-order chi connectivity index (χ0) is 19.4. The summed E-state index contributed by atoms with van der Waals surface area (Å²) in [5.41, 5.74) is 4.59. The predicted octanol–water partition coefficient (Wildman–Crippen LogP) is 5.76. The van der Waals surface area contributed by atoms with Gasteiger partial charge in [0.2, 0.25) is 0 Å². The molecule has 0 bridgehead atoms. The molecule has 2 aromatic carbocycles. The maximum Gasteiger partial charge on any atom is 0.299 e. The first-order valence-electron chi connectivity index (χ1n) is 9.02. The molecule has 27 heavy (non-hydrogen) atoms. The lowest BCUT2D eigenvalue weighted by atomic mass is 10.0. The molecule has 3 rings (SSSR count). The van der Waals surface area contributed by atoms with Gasteiger partial charge in [0.25, 0.3) is 5.19 Å². The molecule has 1 heterocycles. The van der Waals surface area contributed by atoms with Gasteiger partial charge in [-0.15, -0.1) is 0 Å². The Balaban J connectivity index is 1.75. The Hall–Kier alpha value is -1.95. The Morgan fingerprint density at radius 2 is 1.96 bits per heavy atom. The van der Waals surface area contributed by atoms with E-state index in [1.54, 1.807) is 0 Å². The molecule has 0 aliphatic heterocycles. The fraction of sp³-hybridized carbons (Fsp3) is 0.333. The summed E-state index contributed by atoms with van der Waals surface area (Å²) in [5, 5.41) is 1.20. The molecule has 3 aromatic rings. The van der Waals surface area contributed by atoms with Gasteiger partial charge in [0.05, 0.1) is 0 Å². The van der Waals surface area contributed by atoms with E-state index in [-0.39, 0.29) is 0 Å². The van der Waals surface area contributed by atoms with Gasteiger partial charge in [-0.3, -0.25) is 0 Å². The Labute approximate surface area is 169 Å². The van der Waals surface area contributed by atoms with Crippen LogP contribution < -0.4 is 4.74 Å². The van der Waals surface area contributed by atoms with Crippen LogP contribution in [-0.4, -0.2) is 34.4 Å². The van der Waals surface area contributed by atoms with Gasteiger partial charge in [-0.05, 0) is 68.8 Å². The highest BCUT2D eigenvalue weighted by Gasteiger charge is 2.12.